The van der Waals surface area contributed by atoms with E-state index >= 15 is 0 Å². The Hall–Kier alpha value is -2.98. The lowest BCUT2D eigenvalue weighted by molar-refractivity contribution is -0.00733. The number of aromatic nitrogens is 4. The second kappa shape index (κ2) is 7.81. The van der Waals surface area contributed by atoms with E-state index in [2.05, 4.69) is 10.2 Å². The molecule has 0 spiro atoms. The summed E-state index contributed by atoms with van der Waals surface area (Å²) in [5.41, 5.74) is 0.552. The number of aliphatic hydroxyl groups is 1. The Morgan fingerprint density at radius 1 is 1.21 bits per heavy atom. The van der Waals surface area contributed by atoms with Crippen LogP contribution in [0.1, 0.15) is 33.2 Å². The van der Waals surface area contributed by atoms with Crippen LogP contribution in [-0.4, -0.2) is 60.5 Å². The van der Waals surface area contributed by atoms with Crippen LogP contribution in [0.2, 0.25) is 0 Å². The van der Waals surface area contributed by atoms with E-state index in [1.54, 1.807) is 27.5 Å². The summed E-state index contributed by atoms with van der Waals surface area (Å²) in [5, 5.41) is 21.1. The van der Waals surface area contributed by atoms with E-state index in [1.807, 2.05) is 39.1 Å². The lowest BCUT2D eigenvalue weighted by atomic mass is 10.0. The van der Waals surface area contributed by atoms with Crippen molar-refractivity contribution in [2.75, 3.05) is 13.1 Å². The second-order valence-electron chi connectivity index (χ2n) is 9.53. The number of thiophene rings is 1. The van der Waals surface area contributed by atoms with Crippen LogP contribution >= 0.6 is 11.3 Å². The summed E-state index contributed by atoms with van der Waals surface area (Å²) in [6, 6.07) is 5.03. The molecule has 0 saturated carbocycles. The SMILES string of the molecule is Cn1cc2cc(-c3cc4cn([C@@H]5CN(C(=O)OC(C)(C)C)CC[C@H]5O)nc4s3)cc(F)c2n1. The Morgan fingerprint density at radius 2 is 2.00 bits per heavy atom. The zero-order chi connectivity index (χ0) is 23.5. The summed E-state index contributed by atoms with van der Waals surface area (Å²) in [5.74, 6) is -0.355. The number of hydrogen-bond acceptors (Lipinski definition) is 6. The van der Waals surface area contributed by atoms with Crippen LogP contribution in [0.3, 0.4) is 0 Å². The number of carbonyl (C=O) groups is 1. The maximum Gasteiger partial charge on any atom is 0.410 e. The molecule has 10 heteroatoms. The first-order valence-corrected chi connectivity index (χ1v) is 11.7. The highest BCUT2D eigenvalue weighted by molar-refractivity contribution is 7.21. The lowest BCUT2D eigenvalue weighted by Gasteiger charge is -2.36. The van der Waals surface area contributed by atoms with Crippen molar-refractivity contribution < 1.29 is 19.0 Å². The molecule has 1 aliphatic rings. The zero-order valence-electron chi connectivity index (χ0n) is 18.9. The van der Waals surface area contributed by atoms with Gasteiger partial charge in [0.2, 0.25) is 0 Å². The Labute approximate surface area is 194 Å². The number of piperidine rings is 1. The smallest absolute Gasteiger partial charge is 0.410 e. The number of nitrogens with zero attached hydrogens (tertiary/aromatic N) is 5. The van der Waals surface area contributed by atoms with Crippen molar-refractivity contribution in [1.82, 2.24) is 24.5 Å². The minimum atomic E-state index is -0.612. The summed E-state index contributed by atoms with van der Waals surface area (Å²) < 4.78 is 23.3. The van der Waals surface area contributed by atoms with Gasteiger partial charge in [-0.2, -0.15) is 10.2 Å². The number of likely N-dealkylation sites (tertiary alicyclic amines) is 1. The van der Waals surface area contributed by atoms with Gasteiger partial charge >= 0.3 is 6.09 Å². The summed E-state index contributed by atoms with van der Waals surface area (Å²) in [6.07, 6.45) is 3.12. The first-order chi connectivity index (χ1) is 15.6. The van der Waals surface area contributed by atoms with Gasteiger partial charge in [-0.1, -0.05) is 0 Å². The van der Waals surface area contributed by atoms with Gasteiger partial charge in [-0.25, -0.2) is 9.18 Å². The number of aliphatic hydroxyl groups excluding tert-OH is 1. The molecule has 1 amide bonds. The number of benzene rings is 1. The van der Waals surface area contributed by atoms with Crippen molar-refractivity contribution in [3.05, 3.63) is 36.4 Å². The molecule has 4 aromatic rings. The average Bonchev–Trinajstić information content (AvgIpc) is 3.39. The van der Waals surface area contributed by atoms with E-state index in [0.717, 1.165) is 26.0 Å². The maximum atomic E-state index is 14.5. The van der Waals surface area contributed by atoms with Crippen molar-refractivity contribution in [1.29, 1.82) is 0 Å². The summed E-state index contributed by atoms with van der Waals surface area (Å²) >= 11 is 1.46. The molecule has 4 heterocycles. The van der Waals surface area contributed by atoms with Crippen LogP contribution in [0.25, 0.3) is 31.6 Å². The average molecular weight is 472 g/mol. The molecule has 3 aromatic heterocycles. The molecule has 5 rings (SSSR count). The molecular weight excluding hydrogens is 445 g/mol. The fourth-order valence-electron chi connectivity index (χ4n) is 4.18. The van der Waals surface area contributed by atoms with Crippen LogP contribution in [0.4, 0.5) is 9.18 Å². The molecular formula is C23H26FN5O3S. The molecule has 1 N–H and O–H groups in total. The molecule has 1 aliphatic heterocycles. The minimum absolute atomic E-state index is 0.320. The van der Waals surface area contributed by atoms with E-state index in [1.165, 1.54) is 17.4 Å². The van der Waals surface area contributed by atoms with Gasteiger partial charge in [0.05, 0.1) is 12.1 Å². The molecule has 0 radical (unpaired) electrons. The van der Waals surface area contributed by atoms with Gasteiger partial charge in [-0.3, -0.25) is 9.36 Å². The van der Waals surface area contributed by atoms with Crippen LogP contribution in [0.15, 0.2) is 30.6 Å². The van der Waals surface area contributed by atoms with E-state index < -0.39 is 11.7 Å². The Bertz CT molecular complexity index is 1320. The van der Waals surface area contributed by atoms with Crippen molar-refractivity contribution in [2.24, 2.45) is 7.05 Å². The van der Waals surface area contributed by atoms with Crippen LogP contribution < -0.4 is 0 Å². The van der Waals surface area contributed by atoms with Crippen molar-refractivity contribution >= 4 is 38.5 Å². The highest BCUT2D eigenvalue weighted by Crippen LogP contribution is 2.36. The Balaban J connectivity index is 1.40. The molecule has 33 heavy (non-hydrogen) atoms. The van der Waals surface area contributed by atoms with Gasteiger partial charge in [0, 0.05) is 48.2 Å². The number of rotatable bonds is 2. The monoisotopic (exact) mass is 471 g/mol. The molecule has 1 saturated heterocycles. The van der Waals surface area contributed by atoms with Gasteiger partial charge in [-0.05, 0) is 51.0 Å². The standard InChI is InChI=1S/C23H26FN5O3S/c1-23(2,3)32-22(31)28-6-5-18(30)17(12-28)29-11-15-9-19(33-21(15)26-29)13-7-14-10-27(4)25-20(14)16(24)8-13/h7-11,17-18,30H,5-6,12H2,1-4H3/t17-,18-/m1/s1. The van der Waals surface area contributed by atoms with E-state index in [0.29, 0.717) is 25.0 Å². The highest BCUT2D eigenvalue weighted by atomic mass is 32.1. The van der Waals surface area contributed by atoms with Crippen molar-refractivity contribution in [3.8, 4) is 10.4 Å². The van der Waals surface area contributed by atoms with Crippen LogP contribution in [-0.2, 0) is 11.8 Å². The highest BCUT2D eigenvalue weighted by Gasteiger charge is 2.34. The molecule has 1 fully saturated rings. The first-order valence-electron chi connectivity index (χ1n) is 10.9. The van der Waals surface area contributed by atoms with Crippen molar-refractivity contribution in [2.45, 2.75) is 44.9 Å². The fraction of sp³-hybridized carbons (Fsp3) is 0.435. The third-order valence-electron chi connectivity index (χ3n) is 5.72. The Kier molecular flexibility index (Phi) is 5.17. The number of fused-ring (bicyclic) bond motifs is 2. The van der Waals surface area contributed by atoms with Crippen molar-refractivity contribution in [3.63, 3.8) is 0 Å². The molecule has 8 nitrogen and oxygen atoms in total. The largest absolute Gasteiger partial charge is 0.444 e. The molecule has 1 aromatic carbocycles. The number of aryl methyl sites for hydroxylation is 1. The topological polar surface area (TPSA) is 85.4 Å². The number of amides is 1. The first kappa shape index (κ1) is 21.8. The van der Waals surface area contributed by atoms with E-state index in [9.17, 15) is 14.3 Å². The molecule has 2 atom stereocenters. The number of carbonyl (C=O) groups excluding carboxylic acids is 1. The number of hydrogen-bond donors (Lipinski definition) is 1. The van der Waals surface area contributed by atoms with Crippen LogP contribution in [0.5, 0.6) is 0 Å². The van der Waals surface area contributed by atoms with Gasteiger partial charge < -0.3 is 14.7 Å². The predicted octanol–water partition coefficient (Wildman–Crippen LogP) is 4.33. The number of ether oxygens (including phenoxy) is 1. The van der Waals surface area contributed by atoms with Gasteiger partial charge in [0.1, 0.15) is 15.9 Å². The van der Waals surface area contributed by atoms with Gasteiger partial charge in [0.15, 0.2) is 5.82 Å². The predicted molar refractivity (Wildman–Crippen MR) is 125 cm³/mol. The number of halogens is 1. The lowest BCUT2D eigenvalue weighted by Crippen LogP contribution is -2.48. The molecule has 174 valence electrons. The summed E-state index contributed by atoms with van der Waals surface area (Å²) in [6.45, 7) is 6.25. The van der Waals surface area contributed by atoms with Crippen LogP contribution in [0, 0.1) is 5.82 Å². The summed E-state index contributed by atoms with van der Waals surface area (Å²) in [7, 11) is 1.77. The quantitative estimate of drug-likeness (QED) is 0.470. The third-order valence-corrected chi connectivity index (χ3v) is 6.80. The molecule has 0 unspecified atom stereocenters. The fourth-order valence-corrected chi connectivity index (χ4v) is 5.17. The zero-order valence-corrected chi connectivity index (χ0v) is 19.8. The van der Waals surface area contributed by atoms with Gasteiger partial charge in [0.25, 0.3) is 0 Å². The normalized spacial score (nSPS) is 19.5. The molecule has 0 aliphatic carbocycles. The maximum absolute atomic E-state index is 14.5. The molecule has 0 bridgehead atoms. The van der Waals surface area contributed by atoms with E-state index in [-0.39, 0.29) is 18.0 Å². The second-order valence-corrected chi connectivity index (χ2v) is 10.6. The Morgan fingerprint density at radius 3 is 2.73 bits per heavy atom. The summed E-state index contributed by atoms with van der Waals surface area (Å²) in [4.78, 5) is 15.8. The van der Waals surface area contributed by atoms with Gasteiger partial charge in [-0.15, -0.1) is 11.3 Å². The minimum Gasteiger partial charge on any atom is -0.444 e. The van der Waals surface area contributed by atoms with E-state index in [4.69, 9.17) is 4.74 Å². The third kappa shape index (κ3) is 4.20.